The first-order valence-electron chi connectivity index (χ1n) is 2.91. The predicted molar refractivity (Wildman–Crippen MR) is 72.5 cm³/mol. The molecule has 0 fully saturated rings. The molecule has 0 saturated heterocycles. The van der Waals surface area contributed by atoms with Gasteiger partial charge in [-0.05, 0) is 59.9 Å². The number of benzene rings is 1. The molecule has 2 nitrogen and oxygen atoms in total. The van der Waals surface area contributed by atoms with Gasteiger partial charge in [-0.2, -0.15) is 4.45 Å². The van der Waals surface area contributed by atoms with Crippen LogP contribution in [-0.2, 0) is 0 Å². The lowest BCUT2D eigenvalue weighted by Crippen LogP contribution is -2.07. The van der Waals surface area contributed by atoms with Gasteiger partial charge in [0.25, 0.3) is 0 Å². The molecule has 0 heterocycles. The van der Waals surface area contributed by atoms with E-state index in [2.05, 4.69) is 73.8 Å². The number of hydrazine groups is 1. The van der Waals surface area contributed by atoms with Crippen molar-refractivity contribution in [1.29, 1.82) is 0 Å². The fourth-order valence-electron chi connectivity index (χ4n) is 0.682. The molecule has 0 unspecified atom stereocenters. The van der Waals surface area contributed by atoms with Gasteiger partial charge < -0.3 is 5.43 Å². The van der Waals surface area contributed by atoms with Crippen LogP contribution in [0.2, 0.25) is 0 Å². The standard InChI is InChI=1S/C6H4Br4N2.ClH/c7-4-1-3(11-12-10)2-5(8)6(4)9;/h1-2,11-12H;1H. The average Bonchev–Trinajstić information content (AvgIpc) is 2.01. The van der Waals surface area contributed by atoms with Gasteiger partial charge in [0, 0.05) is 29.6 Å². The molecule has 0 atom stereocenters. The second-order valence-electron chi connectivity index (χ2n) is 1.97. The zero-order valence-electron chi connectivity index (χ0n) is 6.07. The maximum absolute atomic E-state index is 3.41. The Hall–Kier alpha value is 1.19. The summed E-state index contributed by atoms with van der Waals surface area (Å²) in [5.74, 6) is 0. The molecule has 0 aliphatic carbocycles. The Balaban J connectivity index is 0.00000144. The molecule has 0 aliphatic rings. The van der Waals surface area contributed by atoms with E-state index < -0.39 is 0 Å². The minimum Gasteiger partial charge on any atom is -0.312 e. The van der Waals surface area contributed by atoms with E-state index >= 15 is 0 Å². The van der Waals surface area contributed by atoms with Crippen molar-refractivity contribution in [2.75, 3.05) is 5.43 Å². The summed E-state index contributed by atoms with van der Waals surface area (Å²) in [6.45, 7) is 0. The van der Waals surface area contributed by atoms with E-state index in [0.717, 1.165) is 19.1 Å². The number of nitrogens with one attached hydrogen (secondary N) is 2. The van der Waals surface area contributed by atoms with Gasteiger partial charge in [0.1, 0.15) is 0 Å². The summed E-state index contributed by atoms with van der Waals surface area (Å²) in [4.78, 5) is 0. The highest BCUT2D eigenvalue weighted by atomic mass is 79.9. The summed E-state index contributed by atoms with van der Waals surface area (Å²) >= 11 is 13.3. The minimum atomic E-state index is 0. The maximum atomic E-state index is 3.41. The highest BCUT2D eigenvalue weighted by molar-refractivity contribution is 9.14. The zero-order chi connectivity index (χ0) is 9.14. The van der Waals surface area contributed by atoms with Crippen molar-refractivity contribution in [2.24, 2.45) is 0 Å². The van der Waals surface area contributed by atoms with Crippen LogP contribution in [-0.4, -0.2) is 0 Å². The fourth-order valence-corrected chi connectivity index (χ4v) is 2.33. The first-order valence-corrected chi connectivity index (χ1v) is 6.08. The van der Waals surface area contributed by atoms with E-state index in [1.54, 1.807) is 0 Å². The molecule has 7 heteroatoms. The molecule has 0 amide bonds. The lowest BCUT2D eigenvalue weighted by molar-refractivity contribution is 1.24. The predicted octanol–water partition coefficient (Wildman–Crippen LogP) is 4.62. The average molecular weight is 460 g/mol. The Morgan fingerprint density at radius 3 is 1.85 bits per heavy atom. The molecule has 1 rings (SSSR count). The smallest absolute Gasteiger partial charge is 0.0519 e. The summed E-state index contributed by atoms with van der Waals surface area (Å²) in [6, 6.07) is 3.90. The molecule has 0 spiro atoms. The molecule has 74 valence electrons. The molecule has 1 aromatic carbocycles. The van der Waals surface area contributed by atoms with Gasteiger partial charge in [0.2, 0.25) is 0 Å². The van der Waals surface area contributed by atoms with Crippen molar-refractivity contribution in [2.45, 2.75) is 0 Å². The van der Waals surface area contributed by atoms with Gasteiger partial charge in [0.15, 0.2) is 0 Å². The van der Waals surface area contributed by atoms with Crippen LogP contribution in [0.3, 0.4) is 0 Å². The zero-order valence-corrected chi connectivity index (χ0v) is 13.2. The summed E-state index contributed by atoms with van der Waals surface area (Å²) in [5, 5.41) is 0. The van der Waals surface area contributed by atoms with Gasteiger partial charge in [-0.15, -0.1) is 12.4 Å². The van der Waals surface area contributed by atoms with Gasteiger partial charge in [-0.1, -0.05) is 0 Å². The summed E-state index contributed by atoms with van der Waals surface area (Å²) in [5.41, 5.74) is 3.85. The van der Waals surface area contributed by atoms with E-state index in [0.29, 0.717) is 0 Å². The molecule has 13 heavy (non-hydrogen) atoms. The van der Waals surface area contributed by atoms with Gasteiger partial charge in [-0.3, -0.25) is 0 Å². The van der Waals surface area contributed by atoms with Crippen LogP contribution in [0, 0.1) is 0 Å². The third-order valence-corrected chi connectivity index (χ3v) is 4.54. The number of hydrogen-bond acceptors (Lipinski definition) is 2. The van der Waals surface area contributed by atoms with Crippen molar-refractivity contribution in [3.8, 4) is 0 Å². The molecular weight excluding hydrogens is 455 g/mol. The van der Waals surface area contributed by atoms with Crippen molar-refractivity contribution in [1.82, 2.24) is 4.45 Å². The number of hydrogen-bond donors (Lipinski definition) is 2. The lowest BCUT2D eigenvalue weighted by Gasteiger charge is -2.06. The van der Waals surface area contributed by atoms with Crippen LogP contribution < -0.4 is 9.88 Å². The van der Waals surface area contributed by atoms with Crippen LogP contribution >= 0.6 is 76.3 Å². The second-order valence-corrected chi connectivity index (χ2v) is 4.87. The van der Waals surface area contributed by atoms with Crippen LogP contribution in [0.1, 0.15) is 0 Å². The molecule has 0 bridgehead atoms. The van der Waals surface area contributed by atoms with E-state index in [1.807, 2.05) is 12.1 Å². The topological polar surface area (TPSA) is 24.1 Å². The third-order valence-electron chi connectivity index (χ3n) is 1.18. The summed E-state index contributed by atoms with van der Waals surface area (Å²) in [7, 11) is 0. The number of rotatable bonds is 2. The highest BCUT2D eigenvalue weighted by Crippen LogP contribution is 2.33. The molecule has 1 aromatic rings. The van der Waals surface area contributed by atoms with Crippen molar-refractivity contribution in [3.63, 3.8) is 0 Å². The quantitative estimate of drug-likeness (QED) is 0.383. The Bertz CT molecular complexity index is 271. The molecule has 0 aromatic heterocycles. The van der Waals surface area contributed by atoms with E-state index in [9.17, 15) is 0 Å². The number of anilines is 1. The highest BCUT2D eigenvalue weighted by Gasteiger charge is 2.03. The van der Waals surface area contributed by atoms with Crippen molar-refractivity contribution in [3.05, 3.63) is 25.6 Å². The van der Waals surface area contributed by atoms with Gasteiger partial charge >= 0.3 is 0 Å². The first kappa shape index (κ1) is 14.2. The Morgan fingerprint density at radius 1 is 1.00 bits per heavy atom. The summed E-state index contributed by atoms with van der Waals surface area (Å²) < 4.78 is 5.64. The largest absolute Gasteiger partial charge is 0.312 e. The number of halogens is 5. The molecule has 0 aliphatic heterocycles. The Kier molecular flexibility index (Phi) is 7.24. The SMILES string of the molecule is BrNNc1cc(Br)c(Br)c(Br)c1.Cl. The van der Waals surface area contributed by atoms with Crippen molar-refractivity contribution < 1.29 is 0 Å². The summed E-state index contributed by atoms with van der Waals surface area (Å²) in [6.07, 6.45) is 0. The van der Waals surface area contributed by atoms with Gasteiger partial charge in [-0.25, -0.2) is 0 Å². The van der Waals surface area contributed by atoms with E-state index in [1.165, 1.54) is 0 Å². The Labute approximate surface area is 116 Å². The van der Waals surface area contributed by atoms with Crippen molar-refractivity contribution >= 4 is 82.0 Å². The molecule has 0 radical (unpaired) electrons. The van der Waals surface area contributed by atoms with Crippen LogP contribution in [0.25, 0.3) is 0 Å². The van der Waals surface area contributed by atoms with Crippen LogP contribution in [0.5, 0.6) is 0 Å². The minimum absolute atomic E-state index is 0. The molecule has 0 saturated carbocycles. The molecule has 2 N–H and O–H groups in total. The third kappa shape index (κ3) is 4.05. The Morgan fingerprint density at radius 2 is 1.46 bits per heavy atom. The lowest BCUT2D eigenvalue weighted by atomic mass is 10.3. The first-order chi connectivity index (χ1) is 5.65. The van der Waals surface area contributed by atoms with Crippen LogP contribution in [0.15, 0.2) is 25.6 Å². The van der Waals surface area contributed by atoms with Crippen LogP contribution in [0.4, 0.5) is 5.69 Å². The van der Waals surface area contributed by atoms with Gasteiger partial charge in [0.05, 0.1) is 5.69 Å². The molecular formula is C6H5Br4ClN2. The van der Waals surface area contributed by atoms with E-state index in [4.69, 9.17) is 0 Å². The normalized spacial score (nSPS) is 9.23. The maximum Gasteiger partial charge on any atom is 0.0519 e. The fraction of sp³-hybridized carbons (Fsp3) is 0. The monoisotopic (exact) mass is 456 g/mol. The van der Waals surface area contributed by atoms with E-state index in [-0.39, 0.29) is 12.4 Å². The second kappa shape index (κ2) is 6.63.